The maximum absolute atomic E-state index is 11.5. The molecule has 0 aromatic heterocycles. The van der Waals surface area contributed by atoms with Gasteiger partial charge in [-0.2, -0.15) is 0 Å². The molecule has 0 unspecified atom stereocenters. The second kappa shape index (κ2) is 5.70. The molecule has 104 valence electrons. The maximum atomic E-state index is 11.5. The molecule has 0 aromatic carbocycles. The van der Waals surface area contributed by atoms with Gasteiger partial charge in [-0.05, 0) is 34.1 Å². The van der Waals surface area contributed by atoms with E-state index in [1.807, 2.05) is 0 Å². The van der Waals surface area contributed by atoms with Gasteiger partial charge in [0.2, 0.25) is 0 Å². The molecule has 0 aliphatic rings. The molecule has 0 radical (unpaired) electrons. The van der Waals surface area contributed by atoms with Crippen LogP contribution in [0.1, 0.15) is 40.5 Å². The number of carbonyl (C=O) groups is 3. The fourth-order valence-corrected chi connectivity index (χ4v) is 1.11. The van der Waals surface area contributed by atoms with E-state index in [2.05, 4.69) is 5.32 Å². The first kappa shape index (κ1) is 16.2. The van der Waals surface area contributed by atoms with Crippen LogP contribution in [0.5, 0.6) is 0 Å². The second-order valence-electron chi connectivity index (χ2n) is 5.16. The lowest BCUT2D eigenvalue weighted by molar-refractivity contribution is -0.145. The number of rotatable bonds is 5. The molecule has 0 saturated carbocycles. The summed E-state index contributed by atoms with van der Waals surface area (Å²) < 4.78 is 4.93. The smallest absolute Gasteiger partial charge is 0.408 e. The summed E-state index contributed by atoms with van der Waals surface area (Å²) >= 11 is 0. The Morgan fingerprint density at radius 3 is 1.94 bits per heavy atom. The van der Waals surface area contributed by atoms with Crippen LogP contribution in [0.4, 0.5) is 4.79 Å². The van der Waals surface area contributed by atoms with Crippen molar-refractivity contribution in [3.63, 3.8) is 0 Å². The number of carboxylic acids is 2. The van der Waals surface area contributed by atoms with Crippen LogP contribution >= 0.6 is 0 Å². The number of alkyl carbamates (subject to hydrolysis) is 1. The predicted molar refractivity (Wildman–Crippen MR) is 62.3 cm³/mol. The van der Waals surface area contributed by atoms with E-state index in [-0.39, 0.29) is 12.8 Å². The largest absolute Gasteiger partial charge is 0.481 e. The Labute approximate surface area is 105 Å². The van der Waals surface area contributed by atoms with Crippen LogP contribution in [0.2, 0.25) is 0 Å². The molecule has 0 bridgehead atoms. The second-order valence-corrected chi connectivity index (χ2v) is 5.16. The van der Waals surface area contributed by atoms with Gasteiger partial charge >= 0.3 is 18.0 Å². The van der Waals surface area contributed by atoms with Gasteiger partial charge in [0.15, 0.2) is 0 Å². The van der Waals surface area contributed by atoms with Crippen molar-refractivity contribution < 1.29 is 29.3 Å². The van der Waals surface area contributed by atoms with Gasteiger partial charge in [0, 0.05) is 6.42 Å². The maximum Gasteiger partial charge on any atom is 0.408 e. The summed E-state index contributed by atoms with van der Waals surface area (Å²) in [6, 6.07) is 0. The summed E-state index contributed by atoms with van der Waals surface area (Å²) in [7, 11) is 0. The standard InChI is InChI=1S/C11H19NO6/c1-10(2,3)18-9(17)12-11(4,8(15)16)6-5-7(13)14/h5-6H2,1-4H3,(H,12,17)(H,13,14)(H,15,16)/t11-/m0/s1. The molecule has 0 spiro atoms. The number of ether oxygens (including phenoxy) is 1. The van der Waals surface area contributed by atoms with E-state index in [9.17, 15) is 14.4 Å². The van der Waals surface area contributed by atoms with E-state index >= 15 is 0 Å². The van der Waals surface area contributed by atoms with Crippen molar-refractivity contribution in [2.75, 3.05) is 0 Å². The first-order valence-electron chi connectivity index (χ1n) is 5.42. The molecule has 0 aliphatic heterocycles. The van der Waals surface area contributed by atoms with E-state index in [0.29, 0.717) is 0 Å². The minimum Gasteiger partial charge on any atom is -0.481 e. The van der Waals surface area contributed by atoms with Crippen molar-refractivity contribution in [1.82, 2.24) is 5.32 Å². The van der Waals surface area contributed by atoms with E-state index in [4.69, 9.17) is 14.9 Å². The topological polar surface area (TPSA) is 113 Å². The van der Waals surface area contributed by atoms with Crippen molar-refractivity contribution in [3.8, 4) is 0 Å². The summed E-state index contributed by atoms with van der Waals surface area (Å²) in [6.07, 6.45) is -1.48. The number of carbonyl (C=O) groups excluding carboxylic acids is 1. The number of hydrogen-bond donors (Lipinski definition) is 3. The Bertz CT molecular complexity index is 346. The fourth-order valence-electron chi connectivity index (χ4n) is 1.11. The SMILES string of the molecule is CC(C)(C)OC(=O)N[C@@](C)(CCC(=O)O)C(=O)O. The van der Waals surface area contributed by atoms with Crippen LogP contribution in [0.15, 0.2) is 0 Å². The number of nitrogens with one attached hydrogen (secondary N) is 1. The monoisotopic (exact) mass is 261 g/mol. The average Bonchev–Trinajstić information content (AvgIpc) is 2.11. The zero-order valence-corrected chi connectivity index (χ0v) is 10.9. The van der Waals surface area contributed by atoms with Crippen LogP contribution in [0.25, 0.3) is 0 Å². The van der Waals surface area contributed by atoms with Gasteiger partial charge in [-0.15, -0.1) is 0 Å². The lowest BCUT2D eigenvalue weighted by atomic mass is 9.96. The Morgan fingerprint density at radius 1 is 1.11 bits per heavy atom. The summed E-state index contributed by atoms with van der Waals surface area (Å²) in [5.41, 5.74) is -2.42. The molecule has 3 N–H and O–H groups in total. The third-order valence-corrected chi connectivity index (χ3v) is 2.09. The highest BCUT2D eigenvalue weighted by molar-refractivity contribution is 5.84. The number of hydrogen-bond acceptors (Lipinski definition) is 4. The fraction of sp³-hybridized carbons (Fsp3) is 0.727. The van der Waals surface area contributed by atoms with Crippen molar-refractivity contribution in [3.05, 3.63) is 0 Å². The zero-order chi connectivity index (χ0) is 14.6. The number of aliphatic carboxylic acids is 2. The molecule has 1 amide bonds. The third kappa shape index (κ3) is 6.07. The van der Waals surface area contributed by atoms with Crippen LogP contribution < -0.4 is 5.32 Å². The highest BCUT2D eigenvalue weighted by atomic mass is 16.6. The summed E-state index contributed by atoms with van der Waals surface area (Å²) in [6.45, 7) is 6.16. The molecular formula is C11H19NO6. The number of carboxylic acid groups (broad SMARTS) is 2. The molecule has 0 aliphatic carbocycles. The highest BCUT2D eigenvalue weighted by Crippen LogP contribution is 2.15. The van der Waals surface area contributed by atoms with Crippen molar-refractivity contribution in [2.45, 2.75) is 51.7 Å². The molecule has 18 heavy (non-hydrogen) atoms. The van der Waals surface area contributed by atoms with Gasteiger partial charge in [-0.3, -0.25) is 4.79 Å². The minimum absolute atomic E-state index is 0.225. The van der Waals surface area contributed by atoms with Gasteiger partial charge < -0.3 is 20.3 Å². The average molecular weight is 261 g/mol. The van der Waals surface area contributed by atoms with Gasteiger partial charge in [-0.25, -0.2) is 9.59 Å². The molecule has 0 rings (SSSR count). The van der Waals surface area contributed by atoms with Crippen LogP contribution in [-0.4, -0.2) is 39.4 Å². The normalized spacial score (nSPS) is 14.4. The summed E-state index contributed by atoms with van der Waals surface area (Å²) in [5.74, 6) is -2.44. The molecule has 7 heteroatoms. The van der Waals surface area contributed by atoms with Gasteiger partial charge in [0.1, 0.15) is 11.1 Å². The van der Waals surface area contributed by atoms with E-state index in [1.54, 1.807) is 20.8 Å². The van der Waals surface area contributed by atoms with E-state index in [1.165, 1.54) is 6.92 Å². The van der Waals surface area contributed by atoms with Crippen LogP contribution in [0, 0.1) is 0 Å². The van der Waals surface area contributed by atoms with Crippen LogP contribution in [0.3, 0.4) is 0 Å². The van der Waals surface area contributed by atoms with Crippen molar-refractivity contribution >= 4 is 18.0 Å². The van der Waals surface area contributed by atoms with Gasteiger partial charge in [0.25, 0.3) is 0 Å². The lowest BCUT2D eigenvalue weighted by Gasteiger charge is -2.28. The predicted octanol–water partition coefficient (Wildman–Crippen LogP) is 1.22. The minimum atomic E-state index is -1.67. The summed E-state index contributed by atoms with van der Waals surface area (Å²) in [5, 5.41) is 19.8. The Kier molecular flexibility index (Phi) is 5.13. The molecule has 0 heterocycles. The first-order chi connectivity index (χ1) is 7.96. The third-order valence-electron chi connectivity index (χ3n) is 2.09. The quantitative estimate of drug-likeness (QED) is 0.685. The molecule has 1 atom stereocenters. The lowest BCUT2D eigenvalue weighted by Crippen LogP contribution is -2.53. The molecule has 0 fully saturated rings. The van der Waals surface area contributed by atoms with Crippen molar-refractivity contribution in [1.29, 1.82) is 0 Å². The number of amides is 1. The molecular weight excluding hydrogens is 242 g/mol. The zero-order valence-electron chi connectivity index (χ0n) is 10.9. The first-order valence-corrected chi connectivity index (χ1v) is 5.42. The molecule has 0 aromatic rings. The molecule has 7 nitrogen and oxygen atoms in total. The Morgan fingerprint density at radius 2 is 1.61 bits per heavy atom. The van der Waals surface area contributed by atoms with E-state index in [0.717, 1.165) is 0 Å². The Hall–Kier alpha value is -1.79. The van der Waals surface area contributed by atoms with E-state index < -0.39 is 29.2 Å². The van der Waals surface area contributed by atoms with Crippen molar-refractivity contribution in [2.24, 2.45) is 0 Å². The van der Waals surface area contributed by atoms with Gasteiger partial charge in [-0.1, -0.05) is 0 Å². The highest BCUT2D eigenvalue weighted by Gasteiger charge is 2.36. The summed E-state index contributed by atoms with van der Waals surface area (Å²) in [4.78, 5) is 33.0. The van der Waals surface area contributed by atoms with Gasteiger partial charge in [0.05, 0.1) is 0 Å². The van der Waals surface area contributed by atoms with Crippen LogP contribution in [-0.2, 0) is 14.3 Å². The Balaban J connectivity index is 4.66. The molecule has 0 saturated heterocycles.